The monoisotopic (exact) mass is 828 g/mol. The van der Waals surface area contributed by atoms with E-state index in [0.717, 1.165) is 36.4 Å². The van der Waals surface area contributed by atoms with E-state index < -0.39 is 74.6 Å². The topological polar surface area (TPSA) is 384 Å². The summed E-state index contributed by atoms with van der Waals surface area (Å²) < 4.78 is 81.6. The molecule has 0 aromatic heterocycles. The predicted molar refractivity (Wildman–Crippen MR) is 171 cm³/mol. The lowest BCUT2D eigenvalue weighted by atomic mass is 10.1. The summed E-state index contributed by atoms with van der Waals surface area (Å²) in [6.45, 7) is 0. The highest BCUT2D eigenvalue weighted by Crippen LogP contribution is 2.51. The molecule has 4 aromatic rings. The Balaban J connectivity index is 1.99. The minimum absolute atomic E-state index is 0.112. The number of hydrogen-bond donors (Lipinski definition) is 8. The van der Waals surface area contributed by atoms with Crippen LogP contribution >= 0.6 is 36.1 Å². The number of aromatic hydroxyl groups is 2. The van der Waals surface area contributed by atoms with Gasteiger partial charge in [0.25, 0.3) is 25.9 Å². The highest BCUT2D eigenvalue weighted by atomic mass is 32.2. The molecule has 0 saturated carbocycles. The molecular formula is C22H16N6O19S5. The molecule has 9 N–H and O–H groups in total. The molecule has 0 spiro atoms. The van der Waals surface area contributed by atoms with Gasteiger partial charge in [0.1, 0.15) is 32.5 Å². The number of phenols is 2. The molecule has 30 heteroatoms. The van der Waals surface area contributed by atoms with Gasteiger partial charge < -0.3 is 15.9 Å². The first kappa shape index (κ1) is 40.4. The SMILES string of the molecule is Nc1cc(S(=O)(=O)O)c(/N=N/c2c(SOOO)cc3cc(S(=O)(=O)O)c(/N=N/c4ccc([N+](=O)[O-])cc4SOOO)c(O)c3c2O)cc1SOOO. The number of nitrogens with two attached hydrogens (primary N) is 1. The molecule has 0 aliphatic rings. The van der Waals surface area contributed by atoms with E-state index in [2.05, 4.69) is 48.6 Å². The summed E-state index contributed by atoms with van der Waals surface area (Å²) in [5.74, 6) is -2.24. The largest absolute Gasteiger partial charge is 0.505 e. The Labute approximate surface area is 300 Å². The highest BCUT2D eigenvalue weighted by Gasteiger charge is 2.27. The number of hydrogen-bond acceptors (Lipinski definition) is 25. The number of azo groups is 2. The second kappa shape index (κ2) is 17.0. The first-order chi connectivity index (χ1) is 24.5. The zero-order valence-electron chi connectivity index (χ0n) is 24.4. The van der Waals surface area contributed by atoms with E-state index in [1.54, 1.807) is 0 Å². The van der Waals surface area contributed by atoms with Crippen LogP contribution in [0.15, 0.2) is 87.4 Å². The van der Waals surface area contributed by atoms with Crippen molar-refractivity contribution in [1.82, 2.24) is 0 Å². The number of non-ortho nitro benzene ring substituents is 1. The van der Waals surface area contributed by atoms with E-state index in [0.29, 0.717) is 6.07 Å². The number of nitrogen functional groups attached to an aromatic ring is 1. The minimum atomic E-state index is -5.27. The van der Waals surface area contributed by atoms with Crippen LogP contribution in [0.4, 0.5) is 34.1 Å². The van der Waals surface area contributed by atoms with Crippen molar-refractivity contribution in [3.8, 4) is 11.5 Å². The van der Waals surface area contributed by atoms with Crippen molar-refractivity contribution in [2.45, 2.75) is 24.5 Å². The number of fused-ring (bicyclic) bond motifs is 1. The van der Waals surface area contributed by atoms with Gasteiger partial charge >= 0.3 is 0 Å². The van der Waals surface area contributed by atoms with Crippen molar-refractivity contribution >= 4 is 101 Å². The number of phenolic OH excluding ortho intramolecular Hbond substituents is 2. The molecule has 52 heavy (non-hydrogen) atoms. The van der Waals surface area contributed by atoms with Crippen molar-refractivity contribution in [2.75, 3.05) is 5.73 Å². The quantitative estimate of drug-likeness (QED) is 0.0116. The van der Waals surface area contributed by atoms with Crippen LogP contribution in [-0.2, 0) is 48.4 Å². The van der Waals surface area contributed by atoms with Gasteiger partial charge in [0.15, 0.2) is 11.5 Å². The van der Waals surface area contributed by atoms with Crippen molar-refractivity contribution in [3.63, 3.8) is 0 Å². The molecule has 0 aliphatic carbocycles. The average Bonchev–Trinajstić information content (AvgIpc) is 3.07. The maximum atomic E-state index is 12.4. The third kappa shape index (κ3) is 9.35. The summed E-state index contributed by atoms with van der Waals surface area (Å²) in [5, 5.41) is 83.7. The van der Waals surface area contributed by atoms with Crippen LogP contribution in [0, 0.1) is 10.1 Å². The first-order valence-corrected chi connectivity index (χ1v) is 17.6. The fourth-order valence-corrected chi connectivity index (χ4v) is 6.64. The van der Waals surface area contributed by atoms with Gasteiger partial charge in [-0.15, -0.1) is 33.5 Å². The van der Waals surface area contributed by atoms with Gasteiger partial charge in [-0.2, -0.15) is 16.8 Å². The van der Waals surface area contributed by atoms with Crippen LogP contribution in [0.1, 0.15) is 0 Å². The molecule has 0 unspecified atom stereocenters. The van der Waals surface area contributed by atoms with Gasteiger partial charge in [-0.25, -0.2) is 15.8 Å². The van der Waals surface area contributed by atoms with Crippen LogP contribution in [0.5, 0.6) is 11.5 Å². The van der Waals surface area contributed by atoms with E-state index in [-0.39, 0.29) is 67.6 Å². The van der Waals surface area contributed by atoms with Gasteiger partial charge in [0.05, 0.1) is 61.1 Å². The minimum Gasteiger partial charge on any atom is -0.505 e. The van der Waals surface area contributed by atoms with Crippen LogP contribution in [-0.4, -0.2) is 56.8 Å². The van der Waals surface area contributed by atoms with Crippen LogP contribution < -0.4 is 5.73 Å². The van der Waals surface area contributed by atoms with E-state index in [1.165, 1.54) is 0 Å². The average molecular weight is 829 g/mol. The molecule has 0 fully saturated rings. The van der Waals surface area contributed by atoms with Crippen molar-refractivity contribution in [3.05, 3.63) is 52.6 Å². The fourth-order valence-electron chi connectivity index (χ4n) is 3.97. The standard InChI is InChI=1S/C22H16N6O19S5/c23-10-6-16(51(36,37)38)12(7-13(10)48-45-42-33)25-26-19-15(50-47-44-35)3-8-4-17(52(39,40)41)20(22(30)18(8)21(19)29)27-24-11-2-1-9(28(31)32)5-14(11)49-46-43-34/h1-7,29-30,33-35H,23H2,(H,36,37,38)(H,39,40,41)/b26-25+,27-24+. The molecule has 278 valence electrons. The van der Waals surface area contributed by atoms with Gasteiger partial charge in [-0.3, -0.25) is 19.2 Å². The summed E-state index contributed by atoms with van der Waals surface area (Å²) in [7, 11) is -10.3. The normalized spacial score (nSPS) is 12.4. The Morgan fingerprint density at radius 2 is 1.21 bits per heavy atom. The number of benzene rings is 4. The zero-order valence-corrected chi connectivity index (χ0v) is 28.5. The van der Waals surface area contributed by atoms with Crippen molar-refractivity contribution in [1.29, 1.82) is 0 Å². The maximum absolute atomic E-state index is 12.4. The first-order valence-electron chi connectivity index (χ1n) is 12.5. The van der Waals surface area contributed by atoms with Crippen LogP contribution in [0.2, 0.25) is 0 Å². The lowest BCUT2D eigenvalue weighted by Crippen LogP contribution is -2.01. The Morgan fingerprint density at radius 1 is 0.673 bits per heavy atom. The number of nitro groups is 1. The Hall–Kier alpha value is -4.35. The third-order valence-electron chi connectivity index (χ3n) is 6.03. The van der Waals surface area contributed by atoms with Crippen LogP contribution in [0.3, 0.4) is 0 Å². The second-order valence-corrected chi connectivity index (χ2v) is 14.0. The number of anilines is 1. The highest BCUT2D eigenvalue weighted by molar-refractivity contribution is 7.95. The lowest BCUT2D eigenvalue weighted by molar-refractivity contribution is -0.432. The molecule has 4 rings (SSSR count). The molecule has 0 amide bonds. The number of nitrogens with zero attached hydrogens (tertiary/aromatic N) is 5. The Bertz CT molecular complexity index is 2310. The summed E-state index contributed by atoms with van der Waals surface area (Å²) in [5.41, 5.74) is 2.25. The van der Waals surface area contributed by atoms with E-state index in [9.17, 15) is 46.3 Å². The zero-order chi connectivity index (χ0) is 38.4. The molecule has 25 nitrogen and oxygen atoms in total. The summed E-state index contributed by atoms with van der Waals surface area (Å²) in [6, 6.07) is 6.12. The summed E-state index contributed by atoms with van der Waals surface area (Å²) in [4.78, 5) is 7.63. The summed E-state index contributed by atoms with van der Waals surface area (Å²) >= 11 is 0.582. The predicted octanol–water partition coefficient (Wildman–Crippen LogP) is 6.35. The second-order valence-electron chi connectivity index (χ2n) is 9.04. The van der Waals surface area contributed by atoms with E-state index in [1.807, 2.05) is 0 Å². The van der Waals surface area contributed by atoms with Crippen molar-refractivity contribution in [2.24, 2.45) is 20.5 Å². The van der Waals surface area contributed by atoms with Crippen LogP contribution in [0.25, 0.3) is 10.8 Å². The molecule has 0 atom stereocenters. The molecular weight excluding hydrogens is 813 g/mol. The molecule has 0 radical (unpaired) electrons. The van der Waals surface area contributed by atoms with Gasteiger partial charge in [-0.1, -0.05) is 15.1 Å². The van der Waals surface area contributed by atoms with E-state index >= 15 is 0 Å². The van der Waals surface area contributed by atoms with Gasteiger partial charge in [-0.05, 0) is 35.7 Å². The third-order valence-corrected chi connectivity index (χ3v) is 9.70. The Kier molecular flexibility index (Phi) is 13.2. The summed E-state index contributed by atoms with van der Waals surface area (Å²) in [6.07, 6.45) is 0. The lowest BCUT2D eigenvalue weighted by Gasteiger charge is -2.13. The fraction of sp³-hybridized carbons (Fsp3) is 0. The van der Waals surface area contributed by atoms with Gasteiger partial charge in [0, 0.05) is 17.8 Å². The molecule has 4 aromatic carbocycles. The maximum Gasteiger partial charge on any atom is 0.296 e. The van der Waals surface area contributed by atoms with Crippen molar-refractivity contribution < 1.29 is 85.0 Å². The Morgan fingerprint density at radius 3 is 1.79 bits per heavy atom. The van der Waals surface area contributed by atoms with Gasteiger partial charge in [0.2, 0.25) is 0 Å². The molecule has 0 aliphatic heterocycles. The smallest absolute Gasteiger partial charge is 0.296 e. The molecule has 0 heterocycles. The molecule has 0 bridgehead atoms. The molecule has 0 saturated heterocycles. The number of rotatable bonds is 16. The van der Waals surface area contributed by atoms with E-state index in [4.69, 9.17) is 21.5 Å². The number of nitro benzene ring substituents is 1.